The Labute approximate surface area is 207 Å². The van der Waals surface area contributed by atoms with Gasteiger partial charge in [-0.15, -0.1) is 11.3 Å². The van der Waals surface area contributed by atoms with E-state index in [-0.39, 0.29) is 18.3 Å². The molecule has 7 nitrogen and oxygen atoms in total. The lowest BCUT2D eigenvalue weighted by molar-refractivity contribution is -0.123. The first-order valence-electron chi connectivity index (χ1n) is 11.5. The number of hydrogen-bond donors (Lipinski definition) is 0. The molecular formula is C23H29FN4O3S3. The van der Waals surface area contributed by atoms with E-state index in [4.69, 9.17) is 0 Å². The Bertz CT molecular complexity index is 1230. The van der Waals surface area contributed by atoms with Crippen LogP contribution < -0.4 is 4.90 Å². The largest absolute Gasteiger partial charge is 0.302 e. The van der Waals surface area contributed by atoms with Crippen molar-refractivity contribution in [2.75, 3.05) is 44.2 Å². The molecule has 1 unspecified atom stereocenters. The zero-order valence-electron chi connectivity index (χ0n) is 19.3. The van der Waals surface area contributed by atoms with Gasteiger partial charge in [0.25, 0.3) is 10.0 Å². The van der Waals surface area contributed by atoms with Gasteiger partial charge >= 0.3 is 0 Å². The molecule has 1 aliphatic rings. The molecule has 1 aliphatic heterocycles. The third-order valence-electron chi connectivity index (χ3n) is 6.19. The Hall–Kier alpha value is -1.92. The van der Waals surface area contributed by atoms with E-state index >= 15 is 0 Å². The molecule has 1 fully saturated rings. The summed E-state index contributed by atoms with van der Waals surface area (Å²) < 4.78 is 42.3. The van der Waals surface area contributed by atoms with Crippen LogP contribution in [0.5, 0.6) is 0 Å². The van der Waals surface area contributed by atoms with Gasteiger partial charge in [0, 0.05) is 26.2 Å². The van der Waals surface area contributed by atoms with Crippen molar-refractivity contribution in [3.05, 3.63) is 41.5 Å². The summed E-state index contributed by atoms with van der Waals surface area (Å²) in [6.07, 6.45) is 1.24. The monoisotopic (exact) mass is 524 g/mol. The number of aromatic nitrogens is 1. The number of thiazole rings is 1. The van der Waals surface area contributed by atoms with Gasteiger partial charge in [0.1, 0.15) is 10.0 Å². The fourth-order valence-corrected chi connectivity index (χ4v) is 7.89. The van der Waals surface area contributed by atoms with Crippen molar-refractivity contribution in [2.45, 2.75) is 30.9 Å². The molecule has 1 aromatic carbocycles. The predicted octanol–water partition coefficient (Wildman–Crippen LogP) is 4.27. The highest BCUT2D eigenvalue weighted by molar-refractivity contribution is 7.91. The first-order chi connectivity index (χ1) is 16.3. The lowest BCUT2D eigenvalue weighted by Crippen LogP contribution is -2.48. The zero-order chi connectivity index (χ0) is 24.3. The maximum Gasteiger partial charge on any atom is 0.252 e. The van der Waals surface area contributed by atoms with Crippen molar-refractivity contribution in [1.29, 1.82) is 0 Å². The predicted molar refractivity (Wildman–Crippen MR) is 136 cm³/mol. The van der Waals surface area contributed by atoms with E-state index in [0.717, 1.165) is 13.1 Å². The van der Waals surface area contributed by atoms with Crippen LogP contribution in [0, 0.1) is 11.7 Å². The van der Waals surface area contributed by atoms with Crippen LogP contribution in [0.15, 0.2) is 39.9 Å². The summed E-state index contributed by atoms with van der Waals surface area (Å²) >= 11 is 2.48. The number of amides is 1. The van der Waals surface area contributed by atoms with Crippen LogP contribution in [0.2, 0.25) is 0 Å². The summed E-state index contributed by atoms with van der Waals surface area (Å²) in [4.78, 5) is 22.3. The van der Waals surface area contributed by atoms with Gasteiger partial charge in [-0.2, -0.15) is 4.31 Å². The number of benzene rings is 1. The Kier molecular flexibility index (Phi) is 7.98. The minimum atomic E-state index is -3.62. The summed E-state index contributed by atoms with van der Waals surface area (Å²) in [5, 5.41) is 2.26. The second kappa shape index (κ2) is 10.8. The van der Waals surface area contributed by atoms with E-state index in [1.54, 1.807) is 28.5 Å². The minimum Gasteiger partial charge on any atom is -0.302 e. The molecule has 34 heavy (non-hydrogen) atoms. The van der Waals surface area contributed by atoms with E-state index in [1.165, 1.54) is 39.1 Å². The van der Waals surface area contributed by atoms with E-state index in [2.05, 4.69) is 23.7 Å². The number of carbonyl (C=O) groups is 1. The number of nitrogens with zero attached hydrogens (tertiary/aromatic N) is 4. The van der Waals surface area contributed by atoms with Crippen molar-refractivity contribution >= 4 is 54.0 Å². The molecule has 1 amide bonds. The number of hydrogen-bond acceptors (Lipinski definition) is 7. The van der Waals surface area contributed by atoms with Crippen LogP contribution in [-0.4, -0.2) is 67.8 Å². The minimum absolute atomic E-state index is 0.127. The number of sulfonamides is 1. The second-order valence-corrected chi connectivity index (χ2v) is 12.4. The summed E-state index contributed by atoms with van der Waals surface area (Å²) in [6, 6.07) is 7.73. The standard InChI is InChI=1S/C23H29FN4O3S3/c1-3-26(4-2)12-13-28(23-25-19-10-9-18(24)15-20(19)33-23)22(29)17-7-5-11-27(16-17)34(30,31)21-8-6-14-32-21/h6,8-10,14-15,17H,3-5,7,11-13,16H2,1-2H3. The summed E-state index contributed by atoms with van der Waals surface area (Å²) in [6.45, 7) is 7.54. The van der Waals surface area contributed by atoms with Crippen LogP contribution in [0.3, 0.4) is 0 Å². The summed E-state index contributed by atoms with van der Waals surface area (Å²) in [5.41, 5.74) is 0.646. The van der Waals surface area contributed by atoms with Crippen LogP contribution in [-0.2, 0) is 14.8 Å². The van der Waals surface area contributed by atoms with E-state index in [1.807, 2.05) is 0 Å². The molecule has 2 aromatic heterocycles. The fraction of sp³-hybridized carbons (Fsp3) is 0.478. The Morgan fingerprint density at radius 3 is 2.74 bits per heavy atom. The van der Waals surface area contributed by atoms with Crippen LogP contribution in [0.1, 0.15) is 26.7 Å². The molecule has 4 rings (SSSR count). The molecule has 1 atom stereocenters. The molecule has 0 spiro atoms. The molecule has 1 saturated heterocycles. The van der Waals surface area contributed by atoms with Crippen molar-refractivity contribution in [3.8, 4) is 0 Å². The smallest absolute Gasteiger partial charge is 0.252 e. The number of anilines is 1. The summed E-state index contributed by atoms with van der Waals surface area (Å²) in [7, 11) is -3.62. The van der Waals surface area contributed by atoms with Crippen LogP contribution in [0.25, 0.3) is 10.2 Å². The highest BCUT2D eigenvalue weighted by Crippen LogP contribution is 2.32. The quantitative estimate of drug-likeness (QED) is 0.418. The molecule has 0 aliphatic carbocycles. The number of piperidine rings is 1. The molecular weight excluding hydrogens is 495 g/mol. The maximum absolute atomic E-state index is 13.8. The Morgan fingerprint density at radius 1 is 1.24 bits per heavy atom. The highest BCUT2D eigenvalue weighted by Gasteiger charge is 2.36. The third kappa shape index (κ3) is 5.33. The SMILES string of the molecule is CCN(CC)CCN(C(=O)C1CCCN(S(=O)(=O)c2cccs2)C1)c1nc2ccc(F)cc2s1. The Balaban J connectivity index is 1.60. The van der Waals surface area contributed by atoms with E-state index < -0.39 is 15.9 Å². The summed E-state index contributed by atoms with van der Waals surface area (Å²) in [5.74, 6) is -0.924. The zero-order valence-corrected chi connectivity index (χ0v) is 21.8. The lowest BCUT2D eigenvalue weighted by Gasteiger charge is -2.34. The number of likely N-dealkylation sites (N-methyl/N-ethyl adjacent to an activating group) is 1. The molecule has 3 heterocycles. The number of rotatable bonds is 9. The molecule has 11 heteroatoms. The highest BCUT2D eigenvalue weighted by atomic mass is 32.2. The molecule has 184 valence electrons. The van der Waals surface area contributed by atoms with Gasteiger partial charge in [-0.25, -0.2) is 17.8 Å². The van der Waals surface area contributed by atoms with Gasteiger partial charge < -0.3 is 4.90 Å². The number of carbonyl (C=O) groups excluding carboxylic acids is 1. The fourth-order valence-electron chi connectivity index (χ4n) is 4.20. The topological polar surface area (TPSA) is 73.8 Å². The van der Waals surface area contributed by atoms with Crippen molar-refractivity contribution in [3.63, 3.8) is 0 Å². The molecule has 0 bridgehead atoms. The molecule has 0 saturated carbocycles. The van der Waals surface area contributed by atoms with Crippen molar-refractivity contribution in [2.24, 2.45) is 5.92 Å². The van der Waals surface area contributed by atoms with E-state index in [9.17, 15) is 17.6 Å². The van der Waals surface area contributed by atoms with Gasteiger partial charge in [-0.05, 0) is 55.6 Å². The number of thiophene rings is 1. The Morgan fingerprint density at radius 2 is 2.03 bits per heavy atom. The van der Waals surface area contributed by atoms with Crippen molar-refractivity contribution in [1.82, 2.24) is 14.2 Å². The first-order valence-corrected chi connectivity index (χ1v) is 14.6. The van der Waals surface area contributed by atoms with Crippen LogP contribution >= 0.6 is 22.7 Å². The first kappa shape index (κ1) is 25.2. The average Bonchev–Trinajstić information content (AvgIpc) is 3.52. The lowest BCUT2D eigenvalue weighted by atomic mass is 9.98. The van der Waals surface area contributed by atoms with E-state index in [0.29, 0.717) is 52.0 Å². The number of fused-ring (bicyclic) bond motifs is 1. The molecule has 0 N–H and O–H groups in total. The van der Waals surface area contributed by atoms with Gasteiger partial charge in [0.2, 0.25) is 5.91 Å². The molecule has 3 aromatic rings. The van der Waals surface area contributed by atoms with Gasteiger partial charge in [-0.1, -0.05) is 31.3 Å². The third-order valence-corrected chi connectivity index (χ3v) is 10.5. The average molecular weight is 525 g/mol. The normalized spacial score (nSPS) is 17.5. The van der Waals surface area contributed by atoms with Gasteiger partial charge in [0.05, 0.1) is 16.1 Å². The van der Waals surface area contributed by atoms with Gasteiger partial charge in [0.15, 0.2) is 5.13 Å². The van der Waals surface area contributed by atoms with Crippen LogP contribution in [0.4, 0.5) is 9.52 Å². The molecule has 0 radical (unpaired) electrons. The maximum atomic E-state index is 13.8. The second-order valence-electron chi connectivity index (χ2n) is 8.26. The number of halogens is 1. The van der Waals surface area contributed by atoms with Crippen molar-refractivity contribution < 1.29 is 17.6 Å². The van der Waals surface area contributed by atoms with Gasteiger partial charge in [-0.3, -0.25) is 9.69 Å².